The van der Waals surface area contributed by atoms with E-state index in [1.807, 2.05) is 64.5 Å². The Bertz CT molecular complexity index is 1490. The highest BCUT2D eigenvalue weighted by molar-refractivity contribution is 7.13. The maximum atomic E-state index is 13.5. The largest absolute Gasteiger partial charge is 0.454 e. The van der Waals surface area contributed by atoms with Crippen LogP contribution in [0.2, 0.25) is 0 Å². The Labute approximate surface area is 187 Å². The van der Waals surface area contributed by atoms with Crippen molar-refractivity contribution in [2.24, 2.45) is 0 Å². The normalized spacial score (nSPS) is 12.4. The van der Waals surface area contributed by atoms with Gasteiger partial charge < -0.3 is 19.6 Å². The molecule has 0 atom stereocenters. The van der Waals surface area contributed by atoms with Gasteiger partial charge in [0.1, 0.15) is 10.7 Å². The van der Waals surface area contributed by atoms with Crippen LogP contribution in [0.25, 0.3) is 27.3 Å². The van der Waals surface area contributed by atoms with Crippen molar-refractivity contribution in [1.29, 1.82) is 0 Å². The van der Waals surface area contributed by atoms with E-state index >= 15 is 0 Å². The van der Waals surface area contributed by atoms with Gasteiger partial charge in [-0.05, 0) is 30.3 Å². The molecule has 2 aromatic carbocycles. The number of carbonyl (C=O) groups is 1. The lowest BCUT2D eigenvalue weighted by Crippen LogP contribution is -2.08. The van der Waals surface area contributed by atoms with Crippen LogP contribution < -0.4 is 15.2 Å². The van der Waals surface area contributed by atoms with E-state index in [4.69, 9.17) is 20.2 Å². The monoisotopic (exact) mass is 439 g/mol. The van der Waals surface area contributed by atoms with Crippen molar-refractivity contribution in [1.82, 2.24) is 9.38 Å². The van der Waals surface area contributed by atoms with Gasteiger partial charge in [0.05, 0.1) is 22.5 Å². The summed E-state index contributed by atoms with van der Waals surface area (Å²) < 4.78 is 12.6. The number of hydrogen-bond donors (Lipinski definition) is 1. The molecule has 6 nitrogen and oxygen atoms in total. The average Bonchev–Trinajstić information content (AvgIpc) is 3.55. The van der Waals surface area contributed by atoms with Crippen LogP contribution in [0.5, 0.6) is 11.5 Å². The van der Waals surface area contributed by atoms with Gasteiger partial charge in [0, 0.05) is 22.7 Å². The van der Waals surface area contributed by atoms with E-state index in [9.17, 15) is 4.79 Å². The number of hydrogen-bond acceptors (Lipinski definition) is 6. The minimum atomic E-state index is -0.187. The molecule has 0 bridgehead atoms. The highest BCUT2D eigenvalue weighted by Crippen LogP contribution is 2.40. The molecular weight excluding hydrogens is 422 g/mol. The van der Waals surface area contributed by atoms with Gasteiger partial charge in [0.2, 0.25) is 12.6 Å². The first-order chi connectivity index (χ1) is 15.7. The maximum absolute atomic E-state index is 13.5. The highest BCUT2D eigenvalue weighted by Gasteiger charge is 2.26. The minimum Gasteiger partial charge on any atom is -0.454 e. The molecule has 0 radical (unpaired) electrons. The molecule has 4 heterocycles. The predicted octanol–water partition coefficient (Wildman–Crippen LogP) is 5.27. The van der Waals surface area contributed by atoms with Crippen molar-refractivity contribution in [3.05, 3.63) is 89.6 Å². The second-order valence-electron chi connectivity index (χ2n) is 7.39. The quantitative estimate of drug-likeness (QED) is 0.386. The number of ether oxygens (including phenoxy) is 2. The highest BCUT2D eigenvalue weighted by atomic mass is 32.1. The molecule has 3 aromatic heterocycles. The summed E-state index contributed by atoms with van der Waals surface area (Å²) in [6, 6.07) is 20.9. The number of aromatic nitrogens is 2. The molecule has 7 heteroatoms. The third-order valence-corrected chi connectivity index (χ3v) is 6.38. The lowest BCUT2D eigenvalue weighted by molar-refractivity contribution is 0.103. The summed E-state index contributed by atoms with van der Waals surface area (Å²) in [7, 11) is 0. The number of nitrogens with two attached hydrogens (primary N) is 1. The summed E-state index contributed by atoms with van der Waals surface area (Å²) in [5.41, 5.74) is 11.4. The third kappa shape index (κ3) is 2.86. The number of fused-ring (bicyclic) bond motifs is 2. The van der Waals surface area contributed by atoms with Crippen LogP contribution in [0.15, 0.2) is 78.3 Å². The first-order valence-corrected chi connectivity index (χ1v) is 10.9. The second-order valence-corrected chi connectivity index (χ2v) is 8.25. The van der Waals surface area contributed by atoms with Crippen LogP contribution in [0.1, 0.15) is 16.1 Å². The van der Waals surface area contributed by atoms with Gasteiger partial charge in [-0.15, -0.1) is 11.3 Å². The van der Waals surface area contributed by atoms with Crippen molar-refractivity contribution >= 4 is 28.3 Å². The molecule has 32 heavy (non-hydrogen) atoms. The molecule has 2 N–H and O–H groups in total. The Morgan fingerprint density at radius 2 is 1.81 bits per heavy atom. The summed E-state index contributed by atoms with van der Waals surface area (Å²) in [4.78, 5) is 18.4. The van der Waals surface area contributed by atoms with E-state index in [2.05, 4.69) is 0 Å². The standard InChI is InChI=1S/C25H17N3O3S/c26-22-21(25-27-17(13-32-25)15-6-2-1-3-7-15)18-8-4-5-11-28(18)23(22)24(29)16-9-10-19-20(12-16)31-14-30-19/h1-13H,14,26H2. The Kier molecular flexibility index (Phi) is 4.22. The average molecular weight is 439 g/mol. The maximum Gasteiger partial charge on any atom is 0.231 e. The van der Waals surface area contributed by atoms with E-state index in [-0.39, 0.29) is 12.6 Å². The second kappa shape index (κ2) is 7.25. The molecule has 1 aliphatic rings. The van der Waals surface area contributed by atoms with E-state index in [0.717, 1.165) is 27.3 Å². The fourth-order valence-corrected chi connectivity index (χ4v) is 4.88. The first-order valence-electron chi connectivity index (χ1n) is 10.0. The van der Waals surface area contributed by atoms with Crippen LogP contribution >= 0.6 is 11.3 Å². The zero-order chi connectivity index (χ0) is 21.7. The van der Waals surface area contributed by atoms with Crippen molar-refractivity contribution in [3.8, 4) is 33.3 Å². The van der Waals surface area contributed by atoms with Gasteiger partial charge in [-0.2, -0.15) is 0 Å². The lowest BCUT2D eigenvalue weighted by Gasteiger charge is -2.05. The van der Waals surface area contributed by atoms with Gasteiger partial charge in [0.15, 0.2) is 11.5 Å². The molecule has 0 saturated carbocycles. The number of pyridine rings is 1. The summed E-state index contributed by atoms with van der Waals surface area (Å²) >= 11 is 1.51. The van der Waals surface area contributed by atoms with E-state index in [1.165, 1.54) is 11.3 Å². The number of nitrogen functional groups attached to an aromatic ring is 1. The molecule has 5 aromatic rings. The van der Waals surface area contributed by atoms with Crippen molar-refractivity contribution in [2.75, 3.05) is 12.5 Å². The van der Waals surface area contributed by atoms with Crippen molar-refractivity contribution in [3.63, 3.8) is 0 Å². The molecule has 0 unspecified atom stereocenters. The zero-order valence-electron chi connectivity index (χ0n) is 16.8. The van der Waals surface area contributed by atoms with Gasteiger partial charge in [-0.3, -0.25) is 4.79 Å². The van der Waals surface area contributed by atoms with Gasteiger partial charge in [-0.25, -0.2) is 4.98 Å². The first kappa shape index (κ1) is 18.7. The molecule has 156 valence electrons. The number of benzene rings is 2. The fourth-order valence-electron chi connectivity index (χ4n) is 3.99. The Hall–Kier alpha value is -4.10. The van der Waals surface area contributed by atoms with Crippen LogP contribution in [-0.4, -0.2) is 22.0 Å². The van der Waals surface area contributed by atoms with E-state index in [1.54, 1.807) is 18.2 Å². The number of thiazole rings is 1. The van der Waals surface area contributed by atoms with Gasteiger partial charge in [-0.1, -0.05) is 36.4 Å². The number of ketones is 1. The fraction of sp³-hybridized carbons (Fsp3) is 0.0400. The summed E-state index contributed by atoms with van der Waals surface area (Å²) in [5.74, 6) is 1.00. The summed E-state index contributed by atoms with van der Waals surface area (Å²) in [5, 5.41) is 2.78. The Morgan fingerprint density at radius 3 is 2.69 bits per heavy atom. The molecule has 0 aliphatic carbocycles. The van der Waals surface area contributed by atoms with Crippen LogP contribution in [0.4, 0.5) is 5.69 Å². The molecule has 0 amide bonds. The number of rotatable bonds is 4. The lowest BCUT2D eigenvalue weighted by atomic mass is 10.1. The van der Waals surface area contributed by atoms with Crippen LogP contribution in [0, 0.1) is 0 Å². The molecule has 6 rings (SSSR count). The van der Waals surface area contributed by atoms with E-state index < -0.39 is 0 Å². The topological polar surface area (TPSA) is 78.8 Å². The number of anilines is 1. The summed E-state index contributed by atoms with van der Waals surface area (Å²) in [6.07, 6.45) is 1.85. The SMILES string of the molecule is Nc1c(-c2nc(-c3ccccc3)cs2)c2ccccn2c1C(=O)c1ccc2c(c1)OCO2. The van der Waals surface area contributed by atoms with Crippen LogP contribution in [-0.2, 0) is 0 Å². The Balaban J connectivity index is 1.50. The predicted molar refractivity (Wildman–Crippen MR) is 124 cm³/mol. The molecule has 0 fully saturated rings. The van der Waals surface area contributed by atoms with E-state index in [0.29, 0.717) is 28.4 Å². The molecule has 0 saturated heterocycles. The molecular formula is C25H17N3O3S. The van der Waals surface area contributed by atoms with Crippen molar-refractivity contribution in [2.45, 2.75) is 0 Å². The number of nitrogens with zero attached hydrogens (tertiary/aromatic N) is 2. The third-order valence-electron chi connectivity index (χ3n) is 5.52. The minimum absolute atomic E-state index is 0.154. The van der Waals surface area contributed by atoms with Crippen molar-refractivity contribution < 1.29 is 14.3 Å². The zero-order valence-corrected chi connectivity index (χ0v) is 17.6. The summed E-state index contributed by atoms with van der Waals surface area (Å²) in [6.45, 7) is 0.154. The smallest absolute Gasteiger partial charge is 0.231 e. The molecule has 1 aliphatic heterocycles. The number of carbonyl (C=O) groups excluding carboxylic acids is 1. The molecule has 0 spiro atoms. The van der Waals surface area contributed by atoms with Gasteiger partial charge in [0.25, 0.3) is 0 Å². The Morgan fingerprint density at radius 1 is 1.00 bits per heavy atom. The van der Waals surface area contributed by atoms with Crippen LogP contribution in [0.3, 0.4) is 0 Å². The van der Waals surface area contributed by atoms with Gasteiger partial charge >= 0.3 is 0 Å².